The van der Waals surface area contributed by atoms with Gasteiger partial charge in [0.25, 0.3) is 0 Å². The maximum atomic E-state index is 5.82. The zero-order chi connectivity index (χ0) is 16.3. The Hall–Kier alpha value is -1.14. The molecule has 1 aromatic carbocycles. The zero-order valence-electron chi connectivity index (χ0n) is 14.0. The molecule has 22 heavy (non-hydrogen) atoms. The highest BCUT2D eigenvalue weighted by atomic mass is 28.4. The first-order chi connectivity index (χ1) is 10.7. The summed E-state index contributed by atoms with van der Waals surface area (Å²) in [6.07, 6.45) is 2.66. The summed E-state index contributed by atoms with van der Waals surface area (Å²) in [5.74, 6) is 0.863. The van der Waals surface area contributed by atoms with E-state index in [2.05, 4.69) is 6.58 Å². The van der Waals surface area contributed by atoms with Gasteiger partial charge >= 0.3 is 8.80 Å². The van der Waals surface area contributed by atoms with Crippen molar-refractivity contribution in [3.63, 3.8) is 0 Å². The van der Waals surface area contributed by atoms with Gasteiger partial charge < -0.3 is 18.0 Å². The highest BCUT2D eigenvalue weighted by Crippen LogP contribution is 2.19. The molecule has 0 N–H and O–H groups in total. The van der Waals surface area contributed by atoms with E-state index in [9.17, 15) is 0 Å². The topological polar surface area (TPSA) is 36.9 Å². The lowest BCUT2D eigenvalue weighted by Crippen LogP contribution is -2.46. The van der Waals surface area contributed by atoms with Crippen LogP contribution in [0.1, 0.15) is 32.8 Å². The maximum Gasteiger partial charge on any atom is 0.501 e. The van der Waals surface area contributed by atoms with Gasteiger partial charge in [0.05, 0.1) is 6.61 Å². The Bertz CT molecular complexity index is 402. The first-order valence-electron chi connectivity index (χ1n) is 7.96. The molecule has 0 bridgehead atoms. The molecular formula is C17H28O4Si. The van der Waals surface area contributed by atoms with Crippen LogP contribution in [0, 0.1) is 0 Å². The van der Waals surface area contributed by atoms with Crippen LogP contribution in [0.4, 0.5) is 0 Å². The van der Waals surface area contributed by atoms with Gasteiger partial charge in [0.1, 0.15) is 5.75 Å². The summed E-state index contributed by atoms with van der Waals surface area (Å²) in [7, 11) is -2.54. The number of ether oxygens (including phenoxy) is 1. The van der Waals surface area contributed by atoms with Gasteiger partial charge in [-0.1, -0.05) is 24.8 Å². The van der Waals surface area contributed by atoms with Crippen molar-refractivity contribution >= 4 is 14.9 Å². The minimum absolute atomic E-state index is 0.607. The van der Waals surface area contributed by atoms with Gasteiger partial charge in [0.15, 0.2) is 0 Å². The van der Waals surface area contributed by atoms with Crippen molar-refractivity contribution in [3.8, 4) is 5.75 Å². The van der Waals surface area contributed by atoms with Gasteiger partial charge in [0.2, 0.25) is 0 Å². The fraction of sp³-hybridized carbons (Fsp3) is 0.529. The third kappa shape index (κ3) is 6.32. The van der Waals surface area contributed by atoms with Crippen molar-refractivity contribution in [2.24, 2.45) is 0 Å². The molecule has 0 unspecified atom stereocenters. The second-order valence-electron chi connectivity index (χ2n) is 4.71. The van der Waals surface area contributed by atoms with Crippen molar-refractivity contribution in [1.29, 1.82) is 0 Å². The van der Waals surface area contributed by atoms with Crippen LogP contribution < -0.4 is 4.74 Å². The molecule has 0 aliphatic heterocycles. The molecule has 0 saturated carbocycles. The largest absolute Gasteiger partial charge is 0.501 e. The molecule has 0 aromatic heterocycles. The van der Waals surface area contributed by atoms with Crippen molar-refractivity contribution in [2.75, 3.05) is 26.4 Å². The number of hydrogen-bond donors (Lipinski definition) is 0. The molecule has 1 rings (SSSR count). The Morgan fingerprint density at radius 3 is 1.95 bits per heavy atom. The van der Waals surface area contributed by atoms with E-state index in [0.29, 0.717) is 26.4 Å². The molecular weight excluding hydrogens is 296 g/mol. The summed E-state index contributed by atoms with van der Waals surface area (Å²) in [6.45, 7) is 12.1. The van der Waals surface area contributed by atoms with Crippen LogP contribution in [0.25, 0.3) is 6.08 Å². The minimum atomic E-state index is -2.54. The summed E-state index contributed by atoms with van der Waals surface area (Å²) >= 11 is 0. The average Bonchev–Trinajstić information content (AvgIpc) is 2.53. The van der Waals surface area contributed by atoms with E-state index < -0.39 is 8.80 Å². The molecule has 0 radical (unpaired) electrons. The number of benzene rings is 1. The highest BCUT2D eigenvalue weighted by Gasteiger charge is 2.39. The Kier molecular flexibility index (Phi) is 9.08. The number of rotatable bonds is 12. The molecule has 0 aliphatic carbocycles. The SMILES string of the molecule is C=Cc1ccc(OCCC[Si](OCC)(OCC)OCC)cc1. The molecule has 0 aliphatic rings. The monoisotopic (exact) mass is 324 g/mol. The Balaban J connectivity index is 2.45. The molecule has 0 saturated heterocycles. The van der Waals surface area contributed by atoms with Crippen LogP contribution in [0.3, 0.4) is 0 Å². The van der Waals surface area contributed by atoms with E-state index in [1.54, 1.807) is 0 Å². The summed E-state index contributed by atoms with van der Waals surface area (Å²) in [4.78, 5) is 0. The van der Waals surface area contributed by atoms with E-state index in [1.807, 2.05) is 51.1 Å². The lowest BCUT2D eigenvalue weighted by molar-refractivity contribution is 0.0696. The summed E-state index contributed by atoms with van der Waals surface area (Å²) in [6, 6.07) is 8.65. The summed E-state index contributed by atoms with van der Waals surface area (Å²) in [5.41, 5.74) is 1.09. The van der Waals surface area contributed by atoms with Crippen LogP contribution >= 0.6 is 0 Å². The van der Waals surface area contributed by atoms with Crippen molar-refractivity contribution < 1.29 is 18.0 Å². The van der Waals surface area contributed by atoms with Crippen LogP contribution in [0.15, 0.2) is 30.8 Å². The lowest BCUT2D eigenvalue weighted by atomic mass is 10.2. The van der Waals surface area contributed by atoms with Gasteiger partial charge in [-0.3, -0.25) is 0 Å². The zero-order valence-corrected chi connectivity index (χ0v) is 15.0. The van der Waals surface area contributed by atoms with Crippen LogP contribution in [0.5, 0.6) is 5.75 Å². The third-order valence-electron chi connectivity index (χ3n) is 3.10. The third-order valence-corrected chi connectivity index (χ3v) is 6.26. The van der Waals surface area contributed by atoms with Gasteiger partial charge in [-0.2, -0.15) is 0 Å². The van der Waals surface area contributed by atoms with E-state index >= 15 is 0 Å². The predicted molar refractivity (Wildman–Crippen MR) is 92.1 cm³/mol. The van der Waals surface area contributed by atoms with Crippen molar-refractivity contribution in [2.45, 2.75) is 33.2 Å². The van der Waals surface area contributed by atoms with Crippen LogP contribution in [-0.2, 0) is 13.3 Å². The molecule has 0 spiro atoms. The van der Waals surface area contributed by atoms with Crippen molar-refractivity contribution in [1.82, 2.24) is 0 Å². The quantitative estimate of drug-likeness (QED) is 0.427. The van der Waals surface area contributed by atoms with Crippen LogP contribution in [-0.4, -0.2) is 35.2 Å². The minimum Gasteiger partial charge on any atom is -0.494 e. The second-order valence-corrected chi connectivity index (χ2v) is 7.44. The predicted octanol–water partition coefficient (Wildman–Crippen LogP) is 4.15. The first kappa shape index (κ1) is 18.9. The van der Waals surface area contributed by atoms with E-state index in [-0.39, 0.29) is 0 Å². The van der Waals surface area contributed by atoms with E-state index in [0.717, 1.165) is 23.8 Å². The van der Waals surface area contributed by atoms with Crippen LogP contribution in [0.2, 0.25) is 6.04 Å². The smallest absolute Gasteiger partial charge is 0.494 e. The number of hydrogen-bond acceptors (Lipinski definition) is 4. The molecule has 0 heterocycles. The molecule has 0 fully saturated rings. The maximum absolute atomic E-state index is 5.82. The first-order valence-corrected chi connectivity index (χ1v) is 9.90. The summed E-state index contributed by atoms with van der Waals surface area (Å²) in [5, 5.41) is 0. The Morgan fingerprint density at radius 2 is 1.50 bits per heavy atom. The van der Waals surface area contributed by atoms with E-state index in [1.165, 1.54) is 0 Å². The Labute approximate surface area is 135 Å². The van der Waals surface area contributed by atoms with E-state index in [4.69, 9.17) is 18.0 Å². The van der Waals surface area contributed by atoms with Gasteiger partial charge in [-0.05, 0) is 44.9 Å². The second kappa shape index (κ2) is 10.6. The van der Waals surface area contributed by atoms with Gasteiger partial charge in [-0.15, -0.1) is 0 Å². The molecule has 4 nitrogen and oxygen atoms in total. The molecule has 0 amide bonds. The average molecular weight is 324 g/mol. The highest BCUT2D eigenvalue weighted by molar-refractivity contribution is 6.60. The normalized spacial score (nSPS) is 11.4. The van der Waals surface area contributed by atoms with Gasteiger partial charge in [0, 0.05) is 25.9 Å². The molecule has 0 atom stereocenters. The summed E-state index contributed by atoms with van der Waals surface area (Å²) < 4.78 is 23.2. The van der Waals surface area contributed by atoms with Gasteiger partial charge in [-0.25, -0.2) is 0 Å². The lowest BCUT2D eigenvalue weighted by Gasteiger charge is -2.28. The molecule has 124 valence electrons. The standard InChI is InChI=1S/C17H28O4Si/c1-5-16-10-12-17(13-11-16)18-14-9-15-22(19-6-2,20-7-3)21-8-4/h5,10-13H,1,6-9,14-15H2,2-4H3. The molecule has 5 heteroatoms. The molecule has 1 aromatic rings. The fourth-order valence-corrected chi connectivity index (χ4v) is 4.76. The fourth-order valence-electron chi connectivity index (χ4n) is 2.18. The Morgan fingerprint density at radius 1 is 0.955 bits per heavy atom. The van der Waals surface area contributed by atoms with Crippen molar-refractivity contribution in [3.05, 3.63) is 36.4 Å².